The Kier molecular flexibility index (Phi) is 6.42. The number of piperidine rings is 2. The molecule has 2 saturated carbocycles. The predicted octanol–water partition coefficient (Wildman–Crippen LogP) is 5.30. The van der Waals surface area contributed by atoms with Gasteiger partial charge in [-0.2, -0.15) is 0 Å². The number of hydroxylamine groups is 4. The van der Waals surface area contributed by atoms with Gasteiger partial charge in [0.25, 0.3) is 0 Å². The van der Waals surface area contributed by atoms with Crippen LogP contribution in [-0.2, 0) is 29.4 Å². The van der Waals surface area contributed by atoms with Crippen LogP contribution in [0.2, 0.25) is 0 Å². The molecule has 4 aliphatic heterocycles. The minimum Gasteiger partial charge on any atom is -0.349 e. The molecular formula is C29H48N2O6. The summed E-state index contributed by atoms with van der Waals surface area (Å²) in [5, 5.41) is 29.7. The van der Waals surface area contributed by atoms with E-state index in [0.29, 0.717) is 52.1 Å². The Bertz CT molecular complexity index is 773. The van der Waals surface area contributed by atoms with Gasteiger partial charge in [0.2, 0.25) is 0 Å². The highest BCUT2D eigenvalue weighted by Crippen LogP contribution is 2.55. The quantitative estimate of drug-likeness (QED) is 0.431. The molecule has 0 N–H and O–H groups in total. The van der Waals surface area contributed by atoms with Crippen molar-refractivity contribution in [3.63, 3.8) is 0 Å². The zero-order valence-corrected chi connectivity index (χ0v) is 23.6. The number of nitrogens with zero attached hydrogens (tertiary/aromatic N) is 2. The minimum atomic E-state index is -0.718. The van der Waals surface area contributed by atoms with Crippen LogP contribution in [0.1, 0.15) is 118 Å². The molecule has 8 nitrogen and oxygen atoms in total. The van der Waals surface area contributed by atoms with E-state index in [4.69, 9.17) is 18.9 Å². The van der Waals surface area contributed by atoms with E-state index < -0.39 is 22.7 Å². The van der Waals surface area contributed by atoms with Gasteiger partial charge in [0.15, 0.2) is 11.6 Å². The first kappa shape index (κ1) is 26.9. The molecule has 0 aromatic rings. The van der Waals surface area contributed by atoms with E-state index in [1.54, 1.807) is 0 Å². The summed E-state index contributed by atoms with van der Waals surface area (Å²) in [5.41, 5.74) is -2.19. The molecule has 37 heavy (non-hydrogen) atoms. The van der Waals surface area contributed by atoms with Crippen molar-refractivity contribution >= 4 is 0 Å². The summed E-state index contributed by atoms with van der Waals surface area (Å²) in [7, 11) is 0. The van der Waals surface area contributed by atoms with Crippen molar-refractivity contribution < 1.29 is 29.4 Å². The molecule has 0 aromatic carbocycles. The largest absolute Gasteiger partial charge is 0.349 e. The summed E-state index contributed by atoms with van der Waals surface area (Å²) >= 11 is 0. The molecule has 6 aliphatic rings. The van der Waals surface area contributed by atoms with Crippen LogP contribution < -0.4 is 0 Å². The second kappa shape index (κ2) is 8.84. The van der Waals surface area contributed by atoms with E-state index in [1.807, 2.05) is 27.7 Å². The van der Waals surface area contributed by atoms with Crippen LogP contribution in [-0.4, -0.2) is 70.3 Å². The van der Waals surface area contributed by atoms with E-state index >= 15 is 0 Å². The molecule has 8 heteroatoms. The lowest BCUT2D eigenvalue weighted by molar-refractivity contribution is -0.427. The predicted molar refractivity (Wildman–Crippen MR) is 135 cm³/mol. The Morgan fingerprint density at radius 1 is 0.486 bits per heavy atom. The van der Waals surface area contributed by atoms with Crippen LogP contribution in [0.25, 0.3) is 0 Å². The Morgan fingerprint density at radius 3 is 1.14 bits per heavy atom. The fourth-order valence-electron chi connectivity index (χ4n) is 9.08. The fraction of sp³-hybridized carbons (Fsp3) is 1.00. The van der Waals surface area contributed by atoms with Gasteiger partial charge in [0.05, 0.1) is 42.9 Å². The average Bonchev–Trinajstić information content (AvgIpc) is 2.86. The number of hydrogen-bond acceptors (Lipinski definition) is 6. The first-order chi connectivity index (χ1) is 17.4. The van der Waals surface area contributed by atoms with Crippen LogP contribution in [0.3, 0.4) is 0 Å². The Hall–Kier alpha value is -0.320. The first-order valence-electron chi connectivity index (χ1n) is 14.9. The summed E-state index contributed by atoms with van der Waals surface area (Å²) in [4.78, 5) is 0. The fourth-order valence-corrected chi connectivity index (χ4v) is 9.08. The van der Waals surface area contributed by atoms with Crippen molar-refractivity contribution in [2.24, 2.45) is 5.41 Å². The molecule has 0 unspecified atom stereocenters. The Morgan fingerprint density at radius 2 is 0.811 bits per heavy atom. The van der Waals surface area contributed by atoms with Crippen molar-refractivity contribution in [2.75, 3.05) is 26.4 Å². The molecule has 0 bridgehead atoms. The molecular weight excluding hydrogens is 472 g/mol. The number of ether oxygens (including phenoxy) is 4. The molecule has 0 amide bonds. The molecule has 6 rings (SSSR count). The maximum atomic E-state index is 13.5. The second-order valence-electron chi connectivity index (χ2n) is 15.0. The molecule has 5 spiro atoms. The molecule has 6 fully saturated rings. The van der Waals surface area contributed by atoms with Crippen molar-refractivity contribution in [3.8, 4) is 0 Å². The summed E-state index contributed by atoms with van der Waals surface area (Å²) in [6, 6.07) is 0. The molecule has 2 aliphatic carbocycles. The van der Waals surface area contributed by atoms with Crippen LogP contribution in [0.15, 0.2) is 0 Å². The van der Waals surface area contributed by atoms with Crippen LogP contribution in [0.5, 0.6) is 0 Å². The summed E-state index contributed by atoms with van der Waals surface area (Å²) in [6.07, 6.45) is 12.9. The van der Waals surface area contributed by atoms with Gasteiger partial charge in [0.1, 0.15) is 0 Å². The third-order valence-electron chi connectivity index (χ3n) is 10.7. The monoisotopic (exact) mass is 520 g/mol. The van der Waals surface area contributed by atoms with Gasteiger partial charge < -0.3 is 18.9 Å². The summed E-state index contributed by atoms with van der Waals surface area (Å²) in [5.74, 6) is -1.44. The zero-order chi connectivity index (χ0) is 26.2. The van der Waals surface area contributed by atoms with Crippen molar-refractivity contribution in [3.05, 3.63) is 0 Å². The average molecular weight is 521 g/mol. The van der Waals surface area contributed by atoms with Gasteiger partial charge in [0, 0.05) is 36.8 Å². The van der Waals surface area contributed by atoms with Crippen molar-refractivity contribution in [2.45, 2.75) is 151 Å². The number of hydrogen-bond donors (Lipinski definition) is 0. The second-order valence-corrected chi connectivity index (χ2v) is 15.0. The van der Waals surface area contributed by atoms with Gasteiger partial charge in [-0.3, -0.25) is 0 Å². The van der Waals surface area contributed by atoms with E-state index in [2.05, 4.69) is 0 Å². The minimum absolute atomic E-state index is 0.354. The van der Waals surface area contributed by atoms with Crippen LogP contribution in [0, 0.1) is 5.41 Å². The van der Waals surface area contributed by atoms with Crippen LogP contribution in [0.4, 0.5) is 0 Å². The van der Waals surface area contributed by atoms with E-state index in [0.717, 1.165) is 51.4 Å². The maximum absolute atomic E-state index is 13.5. The lowest BCUT2D eigenvalue weighted by Gasteiger charge is -2.62. The highest BCUT2D eigenvalue weighted by molar-refractivity contribution is 5.09. The third kappa shape index (κ3) is 4.42. The molecule has 0 aromatic heterocycles. The van der Waals surface area contributed by atoms with Gasteiger partial charge in [-0.05, 0) is 53.4 Å². The highest BCUT2D eigenvalue weighted by Gasteiger charge is 2.64. The smallest absolute Gasteiger partial charge is 0.172 e. The molecule has 4 heterocycles. The third-order valence-corrected chi connectivity index (χ3v) is 10.7. The summed E-state index contributed by atoms with van der Waals surface area (Å²) < 4.78 is 26.6. The standard InChI is InChI=1S/C29H48N2O6/c1-23(2)15-28(17-26(30(23)32)11-7-5-8-12-26)34-19-25(20-35-28)21-36-29(37-22-25)16-24(3,4)31(33)27(18-29)13-9-6-10-14-27/h5-22H2,1-4H3. The molecule has 210 valence electrons. The normalized spacial score (nSPS) is 43.6. The Balaban J connectivity index is 1.15. The summed E-state index contributed by atoms with van der Waals surface area (Å²) in [6.45, 7) is 10.2. The van der Waals surface area contributed by atoms with E-state index in [-0.39, 0.29) is 16.5 Å². The van der Waals surface area contributed by atoms with Gasteiger partial charge in [-0.25, -0.2) is 0 Å². The maximum Gasteiger partial charge on any atom is 0.172 e. The topological polar surface area (TPSA) is 83.2 Å². The molecule has 2 radical (unpaired) electrons. The molecule has 4 saturated heterocycles. The lowest BCUT2D eigenvalue weighted by atomic mass is 9.68. The van der Waals surface area contributed by atoms with Crippen LogP contribution >= 0.6 is 0 Å². The number of rotatable bonds is 0. The van der Waals surface area contributed by atoms with E-state index in [1.165, 1.54) is 23.0 Å². The highest BCUT2D eigenvalue weighted by atomic mass is 16.7. The van der Waals surface area contributed by atoms with E-state index in [9.17, 15) is 10.4 Å². The Labute approximate surface area is 222 Å². The van der Waals surface area contributed by atoms with Gasteiger partial charge >= 0.3 is 0 Å². The SMILES string of the molecule is CC1(C)CC2(CC3(CCCCC3)N1[O])OCC1(CO2)COC2(CC(C)(C)N([O])C3(CCCCC3)C2)OC1. The van der Waals surface area contributed by atoms with Crippen molar-refractivity contribution in [1.82, 2.24) is 10.1 Å². The van der Waals surface area contributed by atoms with Gasteiger partial charge in [-0.15, -0.1) is 20.5 Å². The van der Waals surface area contributed by atoms with Crippen molar-refractivity contribution in [1.29, 1.82) is 0 Å². The lowest BCUT2D eigenvalue weighted by Crippen LogP contribution is -2.71. The zero-order valence-electron chi connectivity index (χ0n) is 23.6. The first-order valence-corrected chi connectivity index (χ1v) is 14.9. The van der Waals surface area contributed by atoms with Gasteiger partial charge in [-0.1, -0.05) is 38.5 Å². The molecule has 0 atom stereocenters.